The minimum atomic E-state index is 0. The number of halogens is 2. The van der Waals surface area contributed by atoms with Gasteiger partial charge in [-0.1, -0.05) is 24.3 Å². The minimum Gasteiger partial charge on any atom is -0.412 e. The van der Waals surface area contributed by atoms with Crippen molar-refractivity contribution in [3.63, 3.8) is 0 Å². The van der Waals surface area contributed by atoms with Gasteiger partial charge in [0.2, 0.25) is 0 Å². The van der Waals surface area contributed by atoms with Crippen molar-refractivity contribution in [3.8, 4) is 22.8 Å². The van der Waals surface area contributed by atoms with Crippen LogP contribution in [0.4, 0.5) is 0 Å². The average molecular weight is 522 g/mol. The Morgan fingerprint density at radius 1 is 0.379 bits per heavy atom. The smallest absolute Gasteiger partial charge is 0.0886 e. The van der Waals surface area contributed by atoms with E-state index in [-0.39, 0.29) is 55.2 Å². The van der Waals surface area contributed by atoms with Crippen LogP contribution in [0.1, 0.15) is 0 Å². The van der Waals surface area contributed by atoms with Gasteiger partial charge in [0, 0.05) is 44.3 Å². The van der Waals surface area contributed by atoms with Crippen molar-refractivity contribution >= 4 is 24.8 Å². The van der Waals surface area contributed by atoms with Crippen molar-refractivity contribution in [1.29, 1.82) is 0 Å². The summed E-state index contributed by atoms with van der Waals surface area (Å²) in [7, 11) is 0. The molecule has 0 amide bonds. The topological polar surface area (TPSA) is 115 Å². The Morgan fingerprint density at radius 2 is 0.586 bits per heavy atom. The van der Waals surface area contributed by atoms with Gasteiger partial charge in [-0.2, -0.15) is 0 Å². The summed E-state index contributed by atoms with van der Waals surface area (Å²) in [6, 6.07) is 23.2. The van der Waals surface area contributed by atoms with Gasteiger partial charge in [-0.15, -0.1) is 24.8 Å². The molecule has 0 bridgehead atoms. The molecular formula is C20H22Cl2N4O2Ru. The molecule has 0 spiro atoms. The van der Waals surface area contributed by atoms with Crippen molar-refractivity contribution in [3.05, 3.63) is 97.6 Å². The maximum atomic E-state index is 4.19. The van der Waals surface area contributed by atoms with E-state index >= 15 is 0 Å². The van der Waals surface area contributed by atoms with E-state index in [1.165, 1.54) is 0 Å². The molecule has 0 fully saturated rings. The van der Waals surface area contributed by atoms with Crippen LogP contribution in [0, 0.1) is 0 Å². The molecule has 0 atom stereocenters. The summed E-state index contributed by atoms with van der Waals surface area (Å²) in [5, 5.41) is 0. The van der Waals surface area contributed by atoms with Crippen LogP contribution in [0.15, 0.2) is 97.6 Å². The van der Waals surface area contributed by atoms with Gasteiger partial charge in [-0.05, 0) is 48.5 Å². The zero-order valence-corrected chi connectivity index (χ0v) is 18.6. The first-order valence-corrected chi connectivity index (χ1v) is 7.58. The number of pyridine rings is 4. The van der Waals surface area contributed by atoms with Crippen molar-refractivity contribution in [2.45, 2.75) is 0 Å². The number of hydrogen-bond acceptors (Lipinski definition) is 4. The number of nitrogens with zero attached hydrogens (tertiary/aromatic N) is 4. The second kappa shape index (κ2) is 17.8. The molecule has 0 aliphatic heterocycles. The number of hydrogen-bond donors (Lipinski definition) is 0. The summed E-state index contributed by atoms with van der Waals surface area (Å²) in [6.45, 7) is 0. The predicted molar refractivity (Wildman–Crippen MR) is 117 cm³/mol. The van der Waals surface area contributed by atoms with E-state index in [4.69, 9.17) is 0 Å². The van der Waals surface area contributed by atoms with Gasteiger partial charge in [0.1, 0.15) is 0 Å². The van der Waals surface area contributed by atoms with Gasteiger partial charge in [-0.25, -0.2) is 0 Å². The van der Waals surface area contributed by atoms with Crippen LogP contribution in [0.5, 0.6) is 0 Å². The summed E-state index contributed by atoms with van der Waals surface area (Å²) in [6.07, 6.45) is 7.07. The van der Waals surface area contributed by atoms with E-state index in [2.05, 4.69) is 19.9 Å². The Morgan fingerprint density at radius 3 is 0.724 bits per heavy atom. The second-order valence-corrected chi connectivity index (χ2v) is 4.86. The molecule has 0 radical (unpaired) electrons. The average Bonchev–Trinajstić information content (AvgIpc) is 2.71. The fourth-order valence-electron chi connectivity index (χ4n) is 2.06. The molecule has 0 aliphatic carbocycles. The zero-order chi connectivity index (χ0) is 16.5. The summed E-state index contributed by atoms with van der Waals surface area (Å²) in [4.78, 5) is 16.7. The van der Waals surface area contributed by atoms with E-state index in [0.29, 0.717) is 0 Å². The van der Waals surface area contributed by atoms with Crippen molar-refractivity contribution in [2.75, 3.05) is 0 Å². The van der Waals surface area contributed by atoms with Crippen LogP contribution >= 0.6 is 24.8 Å². The Kier molecular flexibility index (Phi) is 19.3. The number of rotatable bonds is 2. The van der Waals surface area contributed by atoms with Crippen LogP contribution in [0.2, 0.25) is 0 Å². The maximum Gasteiger partial charge on any atom is 0.0886 e. The predicted octanol–water partition coefficient (Wildman–Crippen LogP) is 3.48. The largest absolute Gasteiger partial charge is 0.412 e. The standard InChI is InChI=1S/2C10H8N2.2ClH.2H2O.Ru/c2*1-3-7-11-9(5-1)10-6-2-4-8-12-10;;;;;/h2*1-8H;2*1H;2*1H2;. The van der Waals surface area contributed by atoms with Crippen molar-refractivity contribution < 1.29 is 30.4 Å². The molecule has 0 saturated carbocycles. The summed E-state index contributed by atoms with van der Waals surface area (Å²) in [5.41, 5.74) is 3.66. The Bertz CT molecular complexity index is 712. The van der Waals surface area contributed by atoms with Crippen molar-refractivity contribution in [2.24, 2.45) is 0 Å². The maximum absolute atomic E-state index is 4.19. The second-order valence-electron chi connectivity index (χ2n) is 4.86. The van der Waals surface area contributed by atoms with Gasteiger partial charge >= 0.3 is 0 Å². The summed E-state index contributed by atoms with van der Waals surface area (Å²) in [5.74, 6) is 0. The molecule has 0 saturated heterocycles. The zero-order valence-electron chi connectivity index (χ0n) is 15.2. The molecule has 9 heteroatoms. The van der Waals surface area contributed by atoms with Crippen molar-refractivity contribution in [1.82, 2.24) is 19.9 Å². The molecule has 4 N–H and O–H groups in total. The molecule has 29 heavy (non-hydrogen) atoms. The van der Waals surface area contributed by atoms with Crippen LogP contribution in [-0.2, 0) is 19.5 Å². The molecule has 0 aromatic carbocycles. The van der Waals surface area contributed by atoms with E-state index in [1.54, 1.807) is 24.8 Å². The fraction of sp³-hybridized carbons (Fsp3) is 0. The van der Waals surface area contributed by atoms with Gasteiger partial charge in [0.15, 0.2) is 0 Å². The van der Waals surface area contributed by atoms with E-state index in [0.717, 1.165) is 22.8 Å². The SMILES string of the molecule is Cl.Cl.O.O.[Ru].c1ccc(-c2ccccn2)nc1.c1ccc(-c2ccccn2)nc1. The third-order valence-corrected chi connectivity index (χ3v) is 3.18. The summed E-state index contributed by atoms with van der Waals surface area (Å²) >= 11 is 0. The molecule has 0 unspecified atom stereocenters. The van der Waals surface area contributed by atoms with E-state index in [1.807, 2.05) is 72.8 Å². The van der Waals surface area contributed by atoms with Gasteiger partial charge in [0.25, 0.3) is 0 Å². The molecule has 4 aromatic heterocycles. The first kappa shape index (κ1) is 31.4. The van der Waals surface area contributed by atoms with Crippen LogP contribution in [0.3, 0.4) is 0 Å². The molecule has 156 valence electrons. The Labute approximate surface area is 195 Å². The quantitative estimate of drug-likeness (QED) is 0.375. The third kappa shape index (κ3) is 10.2. The van der Waals surface area contributed by atoms with Crippen LogP contribution in [0.25, 0.3) is 22.8 Å². The molecule has 4 aromatic rings. The van der Waals surface area contributed by atoms with E-state index in [9.17, 15) is 0 Å². The number of aromatic nitrogens is 4. The summed E-state index contributed by atoms with van der Waals surface area (Å²) < 4.78 is 0. The van der Waals surface area contributed by atoms with E-state index < -0.39 is 0 Å². The Hall–Kier alpha value is -2.28. The molecule has 4 rings (SSSR count). The Balaban J connectivity index is -0.000000398. The van der Waals surface area contributed by atoms with Crippen LogP contribution in [-0.4, -0.2) is 30.9 Å². The van der Waals surface area contributed by atoms with Gasteiger partial charge < -0.3 is 11.0 Å². The monoisotopic (exact) mass is 522 g/mol. The molecular weight excluding hydrogens is 500 g/mol. The first-order valence-electron chi connectivity index (χ1n) is 7.58. The van der Waals surface area contributed by atoms with Gasteiger partial charge in [0.05, 0.1) is 22.8 Å². The molecule has 6 nitrogen and oxygen atoms in total. The first-order chi connectivity index (χ1) is 11.9. The third-order valence-electron chi connectivity index (χ3n) is 3.18. The minimum absolute atomic E-state index is 0. The van der Waals surface area contributed by atoms with Gasteiger partial charge in [-0.3, -0.25) is 19.9 Å². The molecule has 0 aliphatic rings. The van der Waals surface area contributed by atoms with Crippen LogP contribution < -0.4 is 0 Å². The fourth-order valence-corrected chi connectivity index (χ4v) is 2.06. The normalized spacial score (nSPS) is 8.00. The molecule has 4 heterocycles.